The van der Waals surface area contributed by atoms with Gasteiger partial charge >= 0.3 is 0 Å². The number of hydrogen-bond acceptors (Lipinski definition) is 6. The molecule has 0 aliphatic heterocycles. The molecule has 1 atom stereocenters. The van der Waals surface area contributed by atoms with Gasteiger partial charge in [0.15, 0.2) is 5.78 Å². The molecule has 0 unspecified atom stereocenters. The van der Waals surface area contributed by atoms with Gasteiger partial charge < -0.3 is 24.7 Å². The number of carbonyl (C=O) groups excluding carboxylic acids is 1. The van der Waals surface area contributed by atoms with Crippen LogP contribution in [-0.2, 0) is 22.7 Å². The Hall–Kier alpha value is -3.97. The molecule has 0 radical (unpaired) electrons. The number of methoxy groups -OCH3 is 2. The lowest BCUT2D eigenvalue weighted by molar-refractivity contribution is 0.0919. The molecule has 4 aromatic carbocycles. The first-order valence-corrected chi connectivity index (χ1v) is 15.2. The summed E-state index contributed by atoms with van der Waals surface area (Å²) in [5.41, 5.74) is 12.6. The highest BCUT2D eigenvalue weighted by atomic mass is 16.5. The van der Waals surface area contributed by atoms with Gasteiger partial charge in [-0.05, 0) is 85.2 Å². The predicted molar refractivity (Wildman–Crippen MR) is 177 cm³/mol. The number of ketones is 1. The number of hydrogen-bond donors (Lipinski definition) is 1. The average molecular weight is 598 g/mol. The maximum Gasteiger partial charge on any atom is 0.162 e. The Kier molecular flexibility index (Phi) is 15.2. The van der Waals surface area contributed by atoms with Crippen molar-refractivity contribution in [2.24, 2.45) is 5.73 Å². The molecule has 0 amide bonds. The fraction of sp³-hybridized carbons (Fsp3) is 0.342. The first kappa shape index (κ1) is 34.5. The minimum absolute atomic E-state index is 0.0462. The molecule has 0 aliphatic carbocycles. The quantitative estimate of drug-likeness (QED) is 0.104. The van der Waals surface area contributed by atoms with Gasteiger partial charge in [0, 0.05) is 31.2 Å². The number of benzene rings is 4. The Morgan fingerprint density at radius 2 is 1.20 bits per heavy atom. The van der Waals surface area contributed by atoms with Gasteiger partial charge in [0.25, 0.3) is 0 Å². The highest BCUT2D eigenvalue weighted by molar-refractivity contribution is 5.96. The molecule has 0 aliphatic rings. The minimum Gasteiger partial charge on any atom is -0.496 e. The van der Waals surface area contributed by atoms with E-state index in [2.05, 4.69) is 18.2 Å². The van der Waals surface area contributed by atoms with Crippen LogP contribution in [-0.4, -0.2) is 33.2 Å². The molecule has 234 valence electrons. The highest BCUT2D eigenvalue weighted by Gasteiger charge is 2.09. The Labute approximate surface area is 263 Å². The second-order valence-electron chi connectivity index (χ2n) is 10.8. The van der Waals surface area contributed by atoms with Gasteiger partial charge in [0.2, 0.25) is 0 Å². The summed E-state index contributed by atoms with van der Waals surface area (Å²) in [6.45, 7) is 6.57. The van der Waals surface area contributed by atoms with Crippen LogP contribution in [0.15, 0.2) is 97.1 Å². The molecule has 0 spiro atoms. The Balaban J connectivity index is 0.000000240. The van der Waals surface area contributed by atoms with Crippen LogP contribution in [0.5, 0.6) is 11.5 Å². The summed E-state index contributed by atoms with van der Waals surface area (Å²) in [6, 6.07) is 32.0. The Morgan fingerprint density at radius 3 is 1.73 bits per heavy atom. The van der Waals surface area contributed by atoms with Crippen LogP contribution in [0, 0.1) is 13.8 Å². The van der Waals surface area contributed by atoms with Crippen molar-refractivity contribution >= 4 is 5.78 Å². The number of nitrogens with two attached hydrogens (primary N) is 1. The summed E-state index contributed by atoms with van der Waals surface area (Å²) in [5, 5.41) is 0. The zero-order chi connectivity index (χ0) is 31.6. The van der Waals surface area contributed by atoms with Crippen LogP contribution in [0.25, 0.3) is 0 Å². The van der Waals surface area contributed by atoms with Crippen LogP contribution in [0.1, 0.15) is 69.9 Å². The summed E-state index contributed by atoms with van der Waals surface area (Å²) in [7, 11) is 3.32. The van der Waals surface area contributed by atoms with Crippen LogP contribution in [0.3, 0.4) is 0 Å². The number of aryl methyl sites for hydroxylation is 2. The summed E-state index contributed by atoms with van der Waals surface area (Å²) >= 11 is 0. The summed E-state index contributed by atoms with van der Waals surface area (Å²) in [5.74, 6) is 1.86. The number of ether oxygens (including phenoxy) is 4. The second kappa shape index (κ2) is 19.3. The van der Waals surface area contributed by atoms with Gasteiger partial charge in [-0.3, -0.25) is 4.79 Å². The molecule has 6 nitrogen and oxygen atoms in total. The molecule has 0 bridgehead atoms. The lowest BCUT2D eigenvalue weighted by atomic mass is 10.0. The van der Waals surface area contributed by atoms with Crippen molar-refractivity contribution in [2.75, 3.05) is 27.4 Å². The average Bonchev–Trinajstić information content (AvgIpc) is 3.05. The largest absolute Gasteiger partial charge is 0.496 e. The van der Waals surface area contributed by atoms with Crippen LogP contribution in [0.2, 0.25) is 0 Å². The third kappa shape index (κ3) is 12.0. The third-order valence-electron chi connectivity index (χ3n) is 7.28. The normalized spacial score (nSPS) is 11.3. The molecule has 2 N–H and O–H groups in total. The minimum atomic E-state index is 0.0462. The van der Waals surface area contributed by atoms with Crippen molar-refractivity contribution in [3.8, 4) is 11.5 Å². The molecule has 6 heteroatoms. The summed E-state index contributed by atoms with van der Waals surface area (Å²) in [6.07, 6.45) is 3.11. The zero-order valence-electron chi connectivity index (χ0n) is 26.6. The standard InChI is InChI=1S/C19H25NO2.C19H22O3/c2*1-15-13-17(10-11-19(15)21-2)18(20)9-6-12-22-14-16-7-4-3-5-8-16/h3-5,7-8,10-11,13,18H,6,9,12,14,20H2,1-2H3;3-5,7-8,10-11,13H,6,9,12,14H2,1-2H3/t18-;/m1./s1. The van der Waals surface area contributed by atoms with E-state index in [1.807, 2.05) is 92.7 Å². The second-order valence-corrected chi connectivity index (χ2v) is 10.8. The molecular weight excluding hydrogens is 550 g/mol. The smallest absolute Gasteiger partial charge is 0.162 e. The monoisotopic (exact) mass is 597 g/mol. The molecule has 0 fully saturated rings. The predicted octanol–water partition coefficient (Wildman–Crippen LogP) is 8.18. The maximum absolute atomic E-state index is 12.1. The van der Waals surface area contributed by atoms with Gasteiger partial charge in [0.1, 0.15) is 11.5 Å². The number of rotatable bonds is 16. The van der Waals surface area contributed by atoms with E-state index >= 15 is 0 Å². The fourth-order valence-electron chi connectivity index (χ4n) is 4.76. The van der Waals surface area contributed by atoms with E-state index in [0.29, 0.717) is 26.2 Å². The van der Waals surface area contributed by atoms with Gasteiger partial charge in [0.05, 0.1) is 27.4 Å². The van der Waals surface area contributed by atoms with Crippen molar-refractivity contribution < 1.29 is 23.7 Å². The zero-order valence-corrected chi connectivity index (χ0v) is 26.6. The molecule has 0 aromatic heterocycles. The van der Waals surface area contributed by atoms with E-state index in [1.165, 1.54) is 5.56 Å². The van der Waals surface area contributed by atoms with Crippen LogP contribution < -0.4 is 15.2 Å². The van der Waals surface area contributed by atoms with E-state index in [9.17, 15) is 4.79 Å². The van der Waals surface area contributed by atoms with Crippen LogP contribution >= 0.6 is 0 Å². The summed E-state index contributed by atoms with van der Waals surface area (Å²) in [4.78, 5) is 12.1. The molecule has 0 heterocycles. The van der Waals surface area contributed by atoms with E-state index < -0.39 is 0 Å². The first-order chi connectivity index (χ1) is 21.4. The van der Waals surface area contributed by atoms with E-state index in [0.717, 1.165) is 65.2 Å². The van der Waals surface area contributed by atoms with E-state index in [4.69, 9.17) is 24.7 Å². The van der Waals surface area contributed by atoms with Crippen molar-refractivity contribution in [3.63, 3.8) is 0 Å². The molecular formula is C38H47NO5. The first-order valence-electron chi connectivity index (χ1n) is 15.2. The van der Waals surface area contributed by atoms with Crippen LogP contribution in [0.4, 0.5) is 0 Å². The number of carbonyl (C=O) groups is 1. The van der Waals surface area contributed by atoms with Crippen molar-refractivity contribution in [2.45, 2.75) is 58.8 Å². The van der Waals surface area contributed by atoms with E-state index in [-0.39, 0.29) is 11.8 Å². The molecule has 0 saturated carbocycles. The summed E-state index contributed by atoms with van der Waals surface area (Å²) < 4.78 is 21.8. The molecule has 4 aromatic rings. The van der Waals surface area contributed by atoms with Gasteiger partial charge in [-0.25, -0.2) is 0 Å². The van der Waals surface area contributed by atoms with Crippen molar-refractivity contribution in [1.82, 2.24) is 0 Å². The van der Waals surface area contributed by atoms with Gasteiger partial charge in [-0.1, -0.05) is 72.8 Å². The van der Waals surface area contributed by atoms with E-state index in [1.54, 1.807) is 14.2 Å². The van der Waals surface area contributed by atoms with Crippen molar-refractivity contribution in [3.05, 3.63) is 130 Å². The SMILES string of the molecule is COc1ccc(C(=O)CCCOCc2ccccc2)cc1C.COc1ccc([C@H](N)CCCOCc2ccccc2)cc1C. The topological polar surface area (TPSA) is 80.0 Å². The lowest BCUT2D eigenvalue weighted by Gasteiger charge is -2.14. The molecule has 0 saturated heterocycles. The molecule has 4 rings (SSSR count). The lowest BCUT2D eigenvalue weighted by Crippen LogP contribution is -2.11. The molecule has 44 heavy (non-hydrogen) atoms. The third-order valence-corrected chi connectivity index (χ3v) is 7.28. The Morgan fingerprint density at radius 1 is 0.682 bits per heavy atom. The van der Waals surface area contributed by atoms with Gasteiger partial charge in [-0.15, -0.1) is 0 Å². The van der Waals surface area contributed by atoms with Gasteiger partial charge in [-0.2, -0.15) is 0 Å². The van der Waals surface area contributed by atoms with Crippen molar-refractivity contribution in [1.29, 1.82) is 0 Å². The Bertz CT molecular complexity index is 1390. The fourth-order valence-corrected chi connectivity index (χ4v) is 4.76. The maximum atomic E-state index is 12.1. The highest BCUT2D eigenvalue weighted by Crippen LogP contribution is 2.24. The number of Topliss-reactive ketones (excluding diaryl/α,β-unsaturated/α-hetero) is 1.